The van der Waals surface area contributed by atoms with Crippen molar-refractivity contribution >= 4 is 85.1 Å². The monoisotopic (exact) mass is 791 g/mol. The number of nitrogens with one attached hydrogen (secondary N) is 1. The molecule has 2 atom stereocenters. The van der Waals surface area contributed by atoms with Gasteiger partial charge in [-0.15, -0.1) is 34.9 Å². The third-order valence-electron chi connectivity index (χ3n) is 7.34. The molecule has 2 aliphatic heterocycles. The van der Waals surface area contributed by atoms with Crippen LogP contribution in [0.4, 0.5) is 9.93 Å². The van der Waals surface area contributed by atoms with Gasteiger partial charge in [-0.3, -0.25) is 19.3 Å². The SMILES string of the molecule is Cc1cc(SCC2=C(OC(=O)O)N3C(=O)[C@@H](NC(=O)/C(=N\OCS(=O)(=O)c4ccc(O)c(O)c4)c4csc(N)n4)[C@H]3SC2)n2ncc(C(N)=O)c2n1. The van der Waals surface area contributed by atoms with Crippen molar-refractivity contribution in [2.24, 2.45) is 10.9 Å². The third-order valence-corrected chi connectivity index (χ3v) is 11.8. The van der Waals surface area contributed by atoms with E-state index in [1.165, 1.54) is 39.6 Å². The molecule has 8 N–H and O–H groups in total. The van der Waals surface area contributed by atoms with Crippen LogP contribution in [0, 0.1) is 6.92 Å². The van der Waals surface area contributed by atoms with Gasteiger partial charge in [0.15, 0.2) is 28.0 Å². The van der Waals surface area contributed by atoms with Gasteiger partial charge < -0.3 is 41.7 Å². The number of amides is 3. The molecule has 1 fully saturated rings. The van der Waals surface area contributed by atoms with Crippen LogP contribution >= 0.6 is 34.9 Å². The maximum Gasteiger partial charge on any atom is 0.512 e. The molecule has 3 aromatic heterocycles. The third kappa shape index (κ3) is 7.12. The summed E-state index contributed by atoms with van der Waals surface area (Å²) in [7, 11) is -4.23. The van der Waals surface area contributed by atoms with Crippen molar-refractivity contribution in [3.63, 3.8) is 0 Å². The molecule has 1 aromatic carbocycles. The zero-order valence-corrected chi connectivity index (χ0v) is 29.6. The smallest absolute Gasteiger partial charge is 0.504 e. The normalized spacial score (nSPS) is 17.4. The van der Waals surface area contributed by atoms with Crippen LogP contribution in [0.3, 0.4) is 0 Å². The first-order chi connectivity index (χ1) is 24.6. The molecule has 3 amide bonds. The molecule has 24 heteroatoms. The summed E-state index contributed by atoms with van der Waals surface area (Å²) in [4.78, 5) is 64.5. The highest BCUT2D eigenvalue weighted by Crippen LogP contribution is 2.42. The molecule has 4 aromatic rings. The van der Waals surface area contributed by atoms with Gasteiger partial charge in [0.1, 0.15) is 27.7 Å². The fraction of sp³-hybridized carbons (Fsp3) is 0.214. The molecular weight excluding hydrogens is 767 g/mol. The topological polar surface area (TPSA) is 304 Å². The number of hydrogen-bond donors (Lipinski definition) is 6. The maximum atomic E-state index is 13.5. The highest BCUT2D eigenvalue weighted by Gasteiger charge is 2.54. The number of β-lactam (4-membered cyclic amide) rings is 1. The fourth-order valence-corrected chi connectivity index (χ4v) is 8.88. The van der Waals surface area contributed by atoms with E-state index in [9.17, 15) is 42.9 Å². The first kappa shape index (κ1) is 36.2. The molecule has 0 radical (unpaired) electrons. The number of thioether (sulfide) groups is 2. The van der Waals surface area contributed by atoms with E-state index in [0.717, 1.165) is 34.4 Å². The van der Waals surface area contributed by atoms with E-state index in [2.05, 4.69) is 25.5 Å². The number of phenols is 2. The van der Waals surface area contributed by atoms with Crippen LogP contribution in [0.5, 0.6) is 11.5 Å². The number of hydrogen-bond acceptors (Lipinski definition) is 18. The van der Waals surface area contributed by atoms with Crippen LogP contribution in [0.15, 0.2) is 62.4 Å². The number of fused-ring (bicyclic) bond motifs is 2. The van der Waals surface area contributed by atoms with E-state index in [1.807, 2.05) is 0 Å². The van der Waals surface area contributed by atoms with Gasteiger partial charge in [-0.25, -0.2) is 27.7 Å². The van der Waals surface area contributed by atoms with E-state index < -0.39 is 73.2 Å². The Kier molecular flexibility index (Phi) is 9.89. The molecule has 52 heavy (non-hydrogen) atoms. The average molecular weight is 792 g/mol. The van der Waals surface area contributed by atoms with Gasteiger partial charge in [-0.2, -0.15) is 5.10 Å². The molecule has 0 bridgehead atoms. The second-order valence-corrected chi connectivity index (χ2v) is 15.8. The Morgan fingerprint density at radius 2 is 1.96 bits per heavy atom. The van der Waals surface area contributed by atoms with Gasteiger partial charge in [0.2, 0.25) is 21.7 Å². The predicted octanol–water partition coefficient (Wildman–Crippen LogP) is 0.837. The van der Waals surface area contributed by atoms with Gasteiger partial charge in [0.05, 0.1) is 11.1 Å². The summed E-state index contributed by atoms with van der Waals surface area (Å²) in [6.07, 6.45) is -0.382. The summed E-state index contributed by atoms with van der Waals surface area (Å²) >= 11 is 3.39. The minimum absolute atomic E-state index is 0.0472. The standard InChI is InChI=1S/C28H25N9O11S4/c1-11-4-18(37-22(32-11)14(6-31-37)21(29)40)49-7-12-8-50-26-20(24(42)36(26)25(12)48-28(43)44)34-23(41)19(15-9-51-27(30)33-15)35-47-10-52(45,46)13-2-3-16(38)17(39)5-13/h2-6,9,20,26,38-39H,7-8,10H2,1H3,(H2,29,40)(H2,30,33)(H,34,41)(H,43,44)/b35-19-/t20-,26-/m1/s1. The van der Waals surface area contributed by atoms with Crippen LogP contribution in [0.2, 0.25) is 0 Å². The number of aryl methyl sites for hydroxylation is 1. The highest BCUT2D eigenvalue weighted by atomic mass is 32.2. The Labute approximate surface area is 304 Å². The van der Waals surface area contributed by atoms with Crippen LogP contribution in [-0.2, 0) is 29.0 Å². The Morgan fingerprint density at radius 1 is 1.19 bits per heavy atom. The highest BCUT2D eigenvalue weighted by molar-refractivity contribution is 8.01. The molecule has 6 rings (SSSR count). The Hall–Kier alpha value is -5.59. The number of rotatable bonds is 12. The number of carboxylic acid groups (broad SMARTS) is 1. The van der Waals surface area contributed by atoms with Gasteiger partial charge in [-0.05, 0) is 25.1 Å². The molecule has 0 unspecified atom stereocenters. The van der Waals surface area contributed by atoms with Crippen molar-refractivity contribution in [1.82, 2.24) is 29.8 Å². The first-order valence-electron chi connectivity index (χ1n) is 14.5. The lowest BCUT2D eigenvalue weighted by atomic mass is 10.1. The summed E-state index contributed by atoms with van der Waals surface area (Å²) in [5.41, 5.74) is 11.9. The number of nitrogens with two attached hydrogens (primary N) is 2. The average Bonchev–Trinajstić information content (AvgIpc) is 3.71. The number of nitrogens with zero attached hydrogens (tertiary/aromatic N) is 6. The van der Waals surface area contributed by atoms with E-state index in [4.69, 9.17) is 21.0 Å². The van der Waals surface area contributed by atoms with Crippen molar-refractivity contribution < 1.29 is 52.5 Å². The molecule has 1 saturated heterocycles. The summed E-state index contributed by atoms with van der Waals surface area (Å²) in [5.74, 6) is -4.61. The van der Waals surface area contributed by atoms with E-state index in [0.29, 0.717) is 16.3 Å². The number of carbonyl (C=O) groups excluding carboxylic acids is 3. The summed E-state index contributed by atoms with van der Waals surface area (Å²) < 4.78 is 31.9. The molecule has 272 valence electrons. The van der Waals surface area contributed by atoms with E-state index in [1.54, 1.807) is 13.0 Å². The molecule has 0 spiro atoms. The zero-order valence-electron chi connectivity index (χ0n) is 26.3. The summed E-state index contributed by atoms with van der Waals surface area (Å²) in [6.45, 7) is 1.71. The number of phenolic OH excluding ortho intramolecular Hbond substituents is 2. The number of sulfone groups is 1. The zero-order chi connectivity index (χ0) is 37.5. The largest absolute Gasteiger partial charge is 0.512 e. The van der Waals surface area contributed by atoms with Crippen LogP contribution in [0.1, 0.15) is 21.7 Å². The molecule has 20 nitrogen and oxygen atoms in total. The van der Waals surface area contributed by atoms with E-state index in [-0.39, 0.29) is 39.4 Å². The number of primary amides is 1. The lowest BCUT2D eigenvalue weighted by Crippen LogP contribution is -2.70. The van der Waals surface area contributed by atoms with Gasteiger partial charge in [0.25, 0.3) is 17.7 Å². The number of nitrogen functional groups attached to an aromatic ring is 1. The van der Waals surface area contributed by atoms with Gasteiger partial charge in [0, 0.05) is 34.2 Å². The lowest BCUT2D eigenvalue weighted by molar-refractivity contribution is -0.148. The number of carbonyl (C=O) groups is 4. The van der Waals surface area contributed by atoms with Crippen LogP contribution in [-0.4, -0.2) is 107 Å². The lowest BCUT2D eigenvalue weighted by Gasteiger charge is -2.49. The summed E-state index contributed by atoms with van der Waals surface area (Å²) in [6, 6.07) is 3.32. The fourth-order valence-electron chi connectivity index (χ4n) is 4.93. The number of ether oxygens (including phenoxy) is 1. The number of anilines is 1. The Morgan fingerprint density at radius 3 is 2.63 bits per heavy atom. The quantitative estimate of drug-likeness (QED) is 0.0220. The van der Waals surface area contributed by atoms with Crippen molar-refractivity contribution in [1.29, 1.82) is 0 Å². The van der Waals surface area contributed by atoms with Crippen molar-refractivity contribution in [2.45, 2.75) is 28.3 Å². The molecule has 5 heterocycles. The van der Waals surface area contributed by atoms with Crippen molar-refractivity contribution in [3.8, 4) is 11.5 Å². The van der Waals surface area contributed by atoms with Crippen LogP contribution < -0.4 is 16.8 Å². The van der Waals surface area contributed by atoms with Crippen LogP contribution in [0.25, 0.3) is 5.65 Å². The number of aromatic hydroxyl groups is 2. The Bertz CT molecular complexity index is 2320. The maximum absolute atomic E-state index is 13.5. The second kappa shape index (κ2) is 14.2. The molecule has 2 aliphatic rings. The van der Waals surface area contributed by atoms with Gasteiger partial charge >= 0.3 is 6.16 Å². The van der Waals surface area contributed by atoms with Gasteiger partial charge in [-0.1, -0.05) is 5.16 Å². The van der Waals surface area contributed by atoms with Crippen molar-refractivity contribution in [2.75, 3.05) is 23.2 Å². The molecule has 0 aliphatic carbocycles. The molecule has 0 saturated carbocycles. The number of thiazole rings is 1. The first-order valence-corrected chi connectivity index (χ1v) is 19.0. The minimum atomic E-state index is -4.23. The van der Waals surface area contributed by atoms with E-state index >= 15 is 0 Å². The Balaban J connectivity index is 1.19. The number of oxime groups is 1. The summed E-state index contributed by atoms with van der Waals surface area (Å²) in [5, 5.41) is 40.2. The number of benzene rings is 1. The predicted molar refractivity (Wildman–Crippen MR) is 184 cm³/mol. The minimum Gasteiger partial charge on any atom is -0.504 e. The second-order valence-electron chi connectivity index (χ2n) is 10.8. The molecular formula is C28H25N9O11S4. The van der Waals surface area contributed by atoms with Crippen molar-refractivity contribution in [3.05, 3.63) is 64.2 Å². The number of aromatic nitrogens is 4.